The monoisotopic (exact) mass is 404 g/mol. The molecule has 0 saturated carbocycles. The van der Waals surface area contributed by atoms with E-state index in [4.69, 9.17) is 9.47 Å². The molecule has 0 aliphatic rings. The van der Waals surface area contributed by atoms with E-state index in [0.717, 1.165) is 5.56 Å². The number of phenols is 1. The minimum atomic E-state index is -0.780. The third-order valence-electron chi connectivity index (χ3n) is 2.61. The Morgan fingerprint density at radius 1 is 1.15 bits per heavy atom. The first-order valence-corrected chi connectivity index (χ1v) is 7.67. The Labute approximate surface area is 136 Å². The maximum absolute atomic E-state index is 9.73. The van der Waals surface area contributed by atoms with Crippen LogP contribution < -0.4 is 0 Å². The van der Waals surface area contributed by atoms with E-state index in [9.17, 15) is 5.11 Å². The molecule has 0 atom stereocenters. The van der Waals surface area contributed by atoms with Gasteiger partial charge in [-0.2, -0.15) is 0 Å². The molecule has 0 aliphatic heterocycles. The van der Waals surface area contributed by atoms with Gasteiger partial charge in [-0.15, -0.1) is 13.2 Å². The fourth-order valence-electron chi connectivity index (χ4n) is 1.70. The normalized spacial score (nSPS) is 11.3. The molecule has 0 spiro atoms. The van der Waals surface area contributed by atoms with Gasteiger partial charge in [0.1, 0.15) is 5.75 Å². The Balaban J connectivity index is 2.93. The third kappa shape index (κ3) is 5.05. The van der Waals surface area contributed by atoms with E-state index >= 15 is 0 Å². The molecule has 1 aromatic carbocycles. The Bertz CT molecular complexity index is 451. The van der Waals surface area contributed by atoms with Crippen LogP contribution >= 0.6 is 31.9 Å². The average molecular weight is 406 g/mol. The van der Waals surface area contributed by atoms with Gasteiger partial charge in [-0.1, -0.05) is 12.2 Å². The number of aromatic hydroxyl groups is 1. The van der Waals surface area contributed by atoms with E-state index in [1.54, 1.807) is 12.2 Å². The zero-order valence-corrected chi connectivity index (χ0v) is 14.5. The first kappa shape index (κ1) is 17.4. The van der Waals surface area contributed by atoms with Gasteiger partial charge >= 0.3 is 0 Å². The highest BCUT2D eigenvalue weighted by Gasteiger charge is 2.26. The van der Waals surface area contributed by atoms with E-state index in [0.29, 0.717) is 28.6 Å². The van der Waals surface area contributed by atoms with Crippen LogP contribution in [0.5, 0.6) is 5.75 Å². The smallest absolute Gasteiger partial charge is 0.170 e. The second kappa shape index (κ2) is 7.98. The van der Waals surface area contributed by atoms with Crippen molar-refractivity contribution < 1.29 is 14.6 Å². The van der Waals surface area contributed by atoms with Gasteiger partial charge in [0.25, 0.3) is 0 Å². The molecule has 110 valence electrons. The Morgan fingerprint density at radius 2 is 1.60 bits per heavy atom. The van der Waals surface area contributed by atoms with Crippen molar-refractivity contribution >= 4 is 31.9 Å². The Kier molecular flexibility index (Phi) is 6.95. The molecule has 1 rings (SSSR count). The average Bonchev–Trinajstić information content (AvgIpc) is 2.40. The molecule has 20 heavy (non-hydrogen) atoms. The van der Waals surface area contributed by atoms with Crippen LogP contribution in [0.25, 0.3) is 0 Å². The van der Waals surface area contributed by atoms with Crippen LogP contribution in [-0.4, -0.2) is 24.1 Å². The highest BCUT2D eigenvalue weighted by atomic mass is 79.9. The van der Waals surface area contributed by atoms with Crippen molar-refractivity contribution in [1.29, 1.82) is 0 Å². The van der Waals surface area contributed by atoms with Crippen molar-refractivity contribution in [3.05, 3.63) is 52.0 Å². The van der Waals surface area contributed by atoms with Crippen molar-refractivity contribution in [2.75, 3.05) is 13.2 Å². The van der Waals surface area contributed by atoms with Crippen molar-refractivity contribution in [2.45, 2.75) is 19.1 Å². The number of halogens is 2. The lowest BCUT2D eigenvalue weighted by molar-refractivity contribution is -0.212. The quantitative estimate of drug-likeness (QED) is 0.508. The zero-order valence-electron chi connectivity index (χ0n) is 11.4. The maximum Gasteiger partial charge on any atom is 0.170 e. The summed E-state index contributed by atoms with van der Waals surface area (Å²) < 4.78 is 12.7. The molecule has 0 unspecified atom stereocenters. The summed E-state index contributed by atoms with van der Waals surface area (Å²) in [6.07, 6.45) is 3.89. The summed E-state index contributed by atoms with van der Waals surface area (Å²) in [5.41, 5.74) is 0.970. The zero-order chi connectivity index (χ0) is 15.2. The molecule has 0 radical (unpaired) electrons. The van der Waals surface area contributed by atoms with E-state index < -0.39 is 5.79 Å². The lowest BCUT2D eigenvalue weighted by Gasteiger charge is -2.29. The van der Waals surface area contributed by atoms with E-state index in [1.165, 1.54) is 0 Å². The number of ether oxygens (including phenoxy) is 2. The molecular weight excluding hydrogens is 388 g/mol. The predicted molar refractivity (Wildman–Crippen MR) is 87.9 cm³/mol. The highest BCUT2D eigenvalue weighted by Crippen LogP contribution is 2.34. The van der Waals surface area contributed by atoms with Gasteiger partial charge in [0.05, 0.1) is 22.2 Å². The van der Waals surface area contributed by atoms with E-state index in [2.05, 4.69) is 45.0 Å². The SMILES string of the molecule is C=CCOC(C)(Cc1cc(Br)c(O)c(Br)c1)OCC=C. The van der Waals surface area contributed by atoms with Gasteiger partial charge in [-0.25, -0.2) is 0 Å². The Morgan fingerprint density at radius 3 is 2.00 bits per heavy atom. The summed E-state index contributed by atoms with van der Waals surface area (Å²) in [7, 11) is 0. The standard InChI is InChI=1S/C15H18Br2O3/c1-4-6-19-15(3,20-7-5-2)10-11-8-12(16)14(18)13(17)9-11/h4-5,8-9,18H,1-2,6-7,10H2,3H3. The van der Waals surface area contributed by atoms with Crippen LogP contribution in [0.15, 0.2) is 46.4 Å². The fourth-order valence-corrected chi connectivity index (χ4v) is 2.99. The number of hydrogen-bond donors (Lipinski definition) is 1. The van der Waals surface area contributed by atoms with Crippen molar-refractivity contribution in [3.63, 3.8) is 0 Å². The van der Waals surface area contributed by atoms with E-state index in [-0.39, 0.29) is 5.75 Å². The summed E-state index contributed by atoms with van der Waals surface area (Å²) in [6, 6.07) is 3.68. The molecule has 1 N–H and O–H groups in total. The topological polar surface area (TPSA) is 38.7 Å². The van der Waals surface area contributed by atoms with Gasteiger partial charge in [-0.05, 0) is 56.5 Å². The number of phenolic OH excluding ortho intramolecular Hbond substituents is 1. The maximum atomic E-state index is 9.73. The van der Waals surface area contributed by atoms with Crippen molar-refractivity contribution in [3.8, 4) is 5.75 Å². The molecule has 0 amide bonds. The van der Waals surface area contributed by atoms with Crippen molar-refractivity contribution in [2.24, 2.45) is 0 Å². The molecule has 0 saturated heterocycles. The van der Waals surface area contributed by atoms with Crippen LogP contribution in [0.2, 0.25) is 0 Å². The van der Waals surface area contributed by atoms with Crippen LogP contribution in [0.4, 0.5) is 0 Å². The van der Waals surface area contributed by atoms with Gasteiger partial charge in [-0.3, -0.25) is 0 Å². The summed E-state index contributed by atoms with van der Waals surface area (Å²) >= 11 is 6.63. The number of hydrogen-bond acceptors (Lipinski definition) is 3. The molecule has 5 heteroatoms. The summed E-state index contributed by atoms with van der Waals surface area (Å²) in [5, 5.41) is 9.73. The molecular formula is C15H18Br2O3. The molecule has 0 aromatic heterocycles. The number of rotatable bonds is 8. The molecule has 3 nitrogen and oxygen atoms in total. The van der Waals surface area contributed by atoms with Crippen LogP contribution in [-0.2, 0) is 15.9 Å². The van der Waals surface area contributed by atoms with Gasteiger partial charge < -0.3 is 14.6 Å². The van der Waals surface area contributed by atoms with E-state index in [1.807, 2.05) is 19.1 Å². The number of benzene rings is 1. The summed E-state index contributed by atoms with van der Waals surface area (Å²) in [4.78, 5) is 0. The predicted octanol–water partition coefficient (Wildman–Crippen LogP) is 4.58. The van der Waals surface area contributed by atoms with Gasteiger partial charge in [0.15, 0.2) is 5.79 Å². The first-order valence-electron chi connectivity index (χ1n) is 6.08. The minimum Gasteiger partial charge on any atom is -0.506 e. The second-order valence-corrected chi connectivity index (χ2v) is 6.13. The molecule has 1 aromatic rings. The van der Waals surface area contributed by atoms with Gasteiger partial charge in [0.2, 0.25) is 0 Å². The lowest BCUT2D eigenvalue weighted by Crippen LogP contribution is -2.35. The van der Waals surface area contributed by atoms with Crippen LogP contribution in [0.1, 0.15) is 12.5 Å². The molecule has 0 aliphatic carbocycles. The minimum absolute atomic E-state index is 0.175. The third-order valence-corrected chi connectivity index (χ3v) is 3.82. The molecule has 0 heterocycles. The van der Waals surface area contributed by atoms with Crippen LogP contribution in [0.3, 0.4) is 0 Å². The lowest BCUT2D eigenvalue weighted by atomic mass is 10.1. The van der Waals surface area contributed by atoms with Crippen LogP contribution in [0, 0.1) is 0 Å². The highest BCUT2D eigenvalue weighted by molar-refractivity contribution is 9.11. The molecule has 0 fully saturated rings. The van der Waals surface area contributed by atoms with Gasteiger partial charge in [0, 0.05) is 6.42 Å². The Hall–Kier alpha value is -0.620. The van der Waals surface area contributed by atoms with Crippen molar-refractivity contribution in [1.82, 2.24) is 0 Å². The summed E-state index contributed by atoms with van der Waals surface area (Å²) in [6.45, 7) is 9.95. The first-order chi connectivity index (χ1) is 9.41. The second-order valence-electron chi connectivity index (χ2n) is 4.42. The molecule has 0 bridgehead atoms. The largest absolute Gasteiger partial charge is 0.506 e. The summed E-state index contributed by atoms with van der Waals surface area (Å²) in [5.74, 6) is -0.604. The fraction of sp³-hybridized carbons (Fsp3) is 0.333.